The molecule has 0 spiro atoms. The van der Waals surface area contributed by atoms with Crippen LogP contribution in [0.1, 0.15) is 27.2 Å². The SMILES string of the molecule is Cc1oc(NC(=O)c2cnc(-c3ccc(Cl)cc3)[nH]c2=O)c(C#N)c1C. The average molecular weight is 369 g/mol. The number of furan rings is 1. The van der Waals surface area contributed by atoms with Crippen LogP contribution in [0.4, 0.5) is 5.88 Å². The third kappa shape index (κ3) is 3.23. The number of hydrogen-bond donors (Lipinski definition) is 2. The first-order valence-corrected chi connectivity index (χ1v) is 7.95. The fourth-order valence-electron chi connectivity index (χ4n) is 2.33. The molecule has 0 unspecified atom stereocenters. The van der Waals surface area contributed by atoms with Gasteiger partial charge in [0.1, 0.15) is 28.8 Å². The molecule has 1 aromatic carbocycles. The molecular weight excluding hydrogens is 356 g/mol. The topological polar surface area (TPSA) is 112 Å². The lowest BCUT2D eigenvalue weighted by Crippen LogP contribution is -2.24. The van der Waals surface area contributed by atoms with Crippen molar-refractivity contribution < 1.29 is 9.21 Å². The summed E-state index contributed by atoms with van der Waals surface area (Å²) in [5.41, 5.74) is 0.702. The number of aryl methyl sites for hydroxylation is 1. The van der Waals surface area contributed by atoms with Crippen molar-refractivity contribution >= 4 is 23.4 Å². The number of carbonyl (C=O) groups excluding carboxylic acids is 1. The summed E-state index contributed by atoms with van der Waals surface area (Å²) >= 11 is 5.83. The van der Waals surface area contributed by atoms with Crippen LogP contribution in [0.15, 0.2) is 39.7 Å². The monoisotopic (exact) mass is 368 g/mol. The van der Waals surface area contributed by atoms with Crippen LogP contribution in [-0.4, -0.2) is 15.9 Å². The molecule has 0 saturated carbocycles. The Kier molecular flexibility index (Phi) is 4.61. The van der Waals surface area contributed by atoms with Gasteiger partial charge in [0.05, 0.1) is 0 Å². The number of anilines is 1. The smallest absolute Gasteiger partial charge is 0.265 e. The van der Waals surface area contributed by atoms with E-state index < -0.39 is 11.5 Å². The molecule has 2 aromatic heterocycles. The minimum absolute atomic E-state index is 0.00803. The molecule has 0 fully saturated rings. The van der Waals surface area contributed by atoms with Crippen LogP contribution in [0.3, 0.4) is 0 Å². The van der Waals surface area contributed by atoms with Gasteiger partial charge < -0.3 is 9.40 Å². The summed E-state index contributed by atoms with van der Waals surface area (Å²) in [7, 11) is 0. The number of aromatic amines is 1. The van der Waals surface area contributed by atoms with Gasteiger partial charge in [-0.3, -0.25) is 14.9 Å². The summed E-state index contributed by atoms with van der Waals surface area (Å²) in [5, 5.41) is 12.2. The highest BCUT2D eigenvalue weighted by Gasteiger charge is 2.19. The zero-order valence-corrected chi connectivity index (χ0v) is 14.6. The van der Waals surface area contributed by atoms with E-state index >= 15 is 0 Å². The minimum atomic E-state index is -0.716. The van der Waals surface area contributed by atoms with E-state index in [0.29, 0.717) is 27.7 Å². The quantitative estimate of drug-likeness (QED) is 0.735. The number of amides is 1. The highest BCUT2D eigenvalue weighted by atomic mass is 35.5. The van der Waals surface area contributed by atoms with Crippen LogP contribution in [0, 0.1) is 25.2 Å². The van der Waals surface area contributed by atoms with Crippen molar-refractivity contribution in [3.05, 3.63) is 68.3 Å². The molecular formula is C18H13ClN4O3. The van der Waals surface area contributed by atoms with Crippen LogP contribution >= 0.6 is 11.6 Å². The molecule has 8 heteroatoms. The number of halogens is 1. The van der Waals surface area contributed by atoms with Gasteiger partial charge in [-0.2, -0.15) is 5.26 Å². The number of benzene rings is 1. The van der Waals surface area contributed by atoms with E-state index in [4.69, 9.17) is 16.0 Å². The predicted molar refractivity (Wildman–Crippen MR) is 96.2 cm³/mol. The summed E-state index contributed by atoms with van der Waals surface area (Å²) in [4.78, 5) is 31.3. The van der Waals surface area contributed by atoms with Gasteiger partial charge in [0.15, 0.2) is 0 Å². The molecule has 0 bridgehead atoms. The number of hydrogen-bond acceptors (Lipinski definition) is 5. The molecule has 3 aromatic rings. The van der Waals surface area contributed by atoms with Gasteiger partial charge in [-0.1, -0.05) is 11.6 Å². The number of rotatable bonds is 3. The van der Waals surface area contributed by atoms with E-state index in [9.17, 15) is 14.9 Å². The van der Waals surface area contributed by atoms with Gasteiger partial charge >= 0.3 is 0 Å². The third-order valence-corrected chi connectivity index (χ3v) is 4.14. The zero-order valence-electron chi connectivity index (χ0n) is 13.9. The fourth-order valence-corrected chi connectivity index (χ4v) is 2.46. The maximum atomic E-state index is 12.4. The van der Waals surface area contributed by atoms with Crippen molar-refractivity contribution in [1.29, 1.82) is 5.26 Å². The van der Waals surface area contributed by atoms with Crippen molar-refractivity contribution in [2.45, 2.75) is 13.8 Å². The summed E-state index contributed by atoms with van der Waals surface area (Å²) in [6.07, 6.45) is 1.17. The van der Waals surface area contributed by atoms with Gasteiger partial charge in [0.2, 0.25) is 5.88 Å². The molecule has 0 aliphatic carbocycles. The van der Waals surface area contributed by atoms with Gasteiger partial charge in [0.25, 0.3) is 11.5 Å². The molecule has 1 amide bonds. The normalized spacial score (nSPS) is 10.4. The molecule has 130 valence electrons. The number of aromatic nitrogens is 2. The molecule has 0 saturated heterocycles. The average Bonchev–Trinajstić information content (AvgIpc) is 2.88. The summed E-state index contributed by atoms with van der Waals surface area (Å²) < 4.78 is 5.37. The number of nitrogens with one attached hydrogen (secondary N) is 2. The van der Waals surface area contributed by atoms with Crippen LogP contribution in [0.25, 0.3) is 11.4 Å². The van der Waals surface area contributed by atoms with Crippen molar-refractivity contribution in [2.24, 2.45) is 0 Å². The summed E-state index contributed by atoms with van der Waals surface area (Å²) in [5.74, 6) is 0.118. The molecule has 26 heavy (non-hydrogen) atoms. The van der Waals surface area contributed by atoms with Crippen molar-refractivity contribution in [3.8, 4) is 17.5 Å². The lowest BCUT2D eigenvalue weighted by Gasteiger charge is -2.04. The number of nitriles is 1. The minimum Gasteiger partial charge on any atom is -0.444 e. The Labute approximate surface area is 153 Å². The second kappa shape index (κ2) is 6.86. The largest absolute Gasteiger partial charge is 0.444 e. The van der Waals surface area contributed by atoms with Crippen LogP contribution < -0.4 is 10.9 Å². The van der Waals surface area contributed by atoms with Gasteiger partial charge in [-0.15, -0.1) is 0 Å². The number of nitrogens with zero attached hydrogens (tertiary/aromatic N) is 2. The molecule has 0 atom stereocenters. The Morgan fingerprint density at radius 2 is 2.00 bits per heavy atom. The molecule has 0 radical (unpaired) electrons. The maximum Gasteiger partial charge on any atom is 0.265 e. The van der Waals surface area contributed by atoms with Gasteiger partial charge in [0, 0.05) is 22.3 Å². The maximum absolute atomic E-state index is 12.4. The summed E-state index contributed by atoms with van der Waals surface area (Å²) in [6, 6.07) is 8.71. The standard InChI is InChI=1S/C18H13ClN4O3/c1-9-10(2)26-18(13(9)7-20)23-17(25)14-8-21-15(22-16(14)24)11-3-5-12(19)6-4-11/h3-6,8H,1-2H3,(H,23,25)(H,21,22,24). The number of H-pyrrole nitrogens is 1. The van der Waals surface area contributed by atoms with Crippen molar-refractivity contribution in [2.75, 3.05) is 5.32 Å². The van der Waals surface area contributed by atoms with Crippen LogP contribution in [0.2, 0.25) is 5.02 Å². The first kappa shape index (κ1) is 17.5. The molecule has 2 N–H and O–H groups in total. The lowest BCUT2D eigenvalue weighted by molar-refractivity contribution is 0.102. The van der Waals surface area contributed by atoms with Crippen molar-refractivity contribution in [3.63, 3.8) is 0 Å². The highest BCUT2D eigenvalue weighted by Crippen LogP contribution is 2.25. The number of carbonyl (C=O) groups is 1. The molecule has 3 rings (SSSR count). The molecule has 7 nitrogen and oxygen atoms in total. The Balaban J connectivity index is 1.89. The Bertz CT molecular complexity index is 1090. The van der Waals surface area contributed by atoms with Gasteiger partial charge in [-0.25, -0.2) is 4.98 Å². The van der Waals surface area contributed by atoms with E-state index in [1.807, 2.05) is 6.07 Å². The molecule has 2 heterocycles. The zero-order chi connectivity index (χ0) is 18.8. The van der Waals surface area contributed by atoms with E-state index in [1.54, 1.807) is 38.1 Å². The Hall–Kier alpha value is -3.37. The first-order chi connectivity index (χ1) is 12.4. The summed E-state index contributed by atoms with van der Waals surface area (Å²) in [6.45, 7) is 3.39. The second-order valence-electron chi connectivity index (χ2n) is 5.53. The van der Waals surface area contributed by atoms with E-state index in [-0.39, 0.29) is 17.0 Å². The predicted octanol–water partition coefficient (Wildman–Crippen LogP) is 3.42. The lowest BCUT2D eigenvalue weighted by atomic mass is 10.2. The van der Waals surface area contributed by atoms with Crippen LogP contribution in [0.5, 0.6) is 0 Å². The van der Waals surface area contributed by atoms with E-state index in [1.165, 1.54) is 6.20 Å². The third-order valence-electron chi connectivity index (χ3n) is 3.89. The molecule has 0 aliphatic heterocycles. The van der Waals surface area contributed by atoms with E-state index in [0.717, 1.165) is 0 Å². The Morgan fingerprint density at radius 1 is 1.31 bits per heavy atom. The van der Waals surface area contributed by atoms with E-state index in [2.05, 4.69) is 15.3 Å². The van der Waals surface area contributed by atoms with Gasteiger partial charge in [-0.05, 0) is 38.1 Å². The van der Waals surface area contributed by atoms with Crippen molar-refractivity contribution in [1.82, 2.24) is 9.97 Å². The fraction of sp³-hybridized carbons (Fsp3) is 0.111. The Morgan fingerprint density at radius 3 is 2.62 bits per heavy atom. The second-order valence-corrected chi connectivity index (χ2v) is 5.97. The molecule has 0 aliphatic rings. The highest BCUT2D eigenvalue weighted by molar-refractivity contribution is 6.30. The van der Waals surface area contributed by atoms with Crippen LogP contribution in [-0.2, 0) is 0 Å². The first-order valence-electron chi connectivity index (χ1n) is 7.57.